The summed E-state index contributed by atoms with van der Waals surface area (Å²) in [6.45, 7) is 4.05. The van der Waals surface area contributed by atoms with Gasteiger partial charge < -0.3 is 14.6 Å². The van der Waals surface area contributed by atoms with E-state index in [1.807, 2.05) is 6.92 Å². The molecule has 7 heteroatoms. The molecule has 0 radical (unpaired) electrons. The molecule has 1 saturated carbocycles. The molecule has 0 bridgehead atoms. The molecule has 4 rings (SSSR count). The van der Waals surface area contributed by atoms with E-state index in [0.29, 0.717) is 35.1 Å². The maximum absolute atomic E-state index is 11.9. The van der Waals surface area contributed by atoms with Gasteiger partial charge in [0.1, 0.15) is 11.0 Å². The molecule has 0 amide bonds. The van der Waals surface area contributed by atoms with E-state index < -0.39 is 0 Å². The molecule has 2 aliphatic rings. The SMILES string of the molecule is Cc1c(Cl)ncc2c(N3CCOCC4CC43)nc(=O)[nH]c12. The van der Waals surface area contributed by atoms with Crippen LogP contribution in [0.25, 0.3) is 10.9 Å². The largest absolute Gasteiger partial charge is 0.379 e. The number of hydrogen-bond acceptors (Lipinski definition) is 5. The van der Waals surface area contributed by atoms with Crippen molar-refractivity contribution in [2.45, 2.75) is 19.4 Å². The van der Waals surface area contributed by atoms with E-state index >= 15 is 0 Å². The first-order valence-corrected chi connectivity index (χ1v) is 7.42. The van der Waals surface area contributed by atoms with E-state index in [9.17, 15) is 4.79 Å². The molecule has 2 unspecified atom stereocenters. The zero-order valence-electron chi connectivity index (χ0n) is 11.6. The highest BCUT2D eigenvalue weighted by Crippen LogP contribution is 2.41. The van der Waals surface area contributed by atoms with Crippen molar-refractivity contribution in [3.05, 3.63) is 27.4 Å². The monoisotopic (exact) mass is 306 g/mol. The predicted molar refractivity (Wildman–Crippen MR) is 80.0 cm³/mol. The average molecular weight is 307 g/mol. The smallest absolute Gasteiger partial charge is 0.347 e. The van der Waals surface area contributed by atoms with E-state index in [1.54, 1.807) is 6.20 Å². The van der Waals surface area contributed by atoms with Gasteiger partial charge in [0, 0.05) is 30.3 Å². The minimum absolute atomic E-state index is 0.356. The summed E-state index contributed by atoms with van der Waals surface area (Å²) < 4.78 is 5.59. The molecule has 2 aromatic rings. The Morgan fingerprint density at radius 2 is 2.38 bits per heavy atom. The first-order chi connectivity index (χ1) is 10.1. The molecule has 0 aromatic carbocycles. The van der Waals surface area contributed by atoms with Crippen molar-refractivity contribution in [2.24, 2.45) is 5.92 Å². The molecule has 1 N–H and O–H groups in total. The molecule has 1 aliphatic carbocycles. The van der Waals surface area contributed by atoms with Crippen molar-refractivity contribution in [2.75, 3.05) is 24.7 Å². The number of aryl methyl sites for hydroxylation is 1. The Morgan fingerprint density at radius 1 is 1.52 bits per heavy atom. The molecule has 3 heterocycles. The Balaban J connectivity index is 1.92. The molecular formula is C14H15ClN4O2. The number of H-pyrrole nitrogens is 1. The number of anilines is 1. The normalized spacial score (nSPS) is 24.8. The van der Waals surface area contributed by atoms with Gasteiger partial charge in [0.15, 0.2) is 0 Å². The summed E-state index contributed by atoms with van der Waals surface area (Å²) >= 11 is 6.05. The Hall–Kier alpha value is -1.66. The lowest BCUT2D eigenvalue weighted by Crippen LogP contribution is -2.32. The number of rotatable bonds is 1. The highest BCUT2D eigenvalue weighted by atomic mass is 35.5. The average Bonchev–Trinajstić information content (AvgIpc) is 3.22. The summed E-state index contributed by atoms with van der Waals surface area (Å²) in [6, 6.07) is 0.418. The van der Waals surface area contributed by atoms with Crippen LogP contribution in [0.1, 0.15) is 12.0 Å². The number of nitrogens with zero attached hydrogens (tertiary/aromatic N) is 3. The standard InChI is InChI=1S/C14H15ClN4O2/c1-7-11-9(5-16-12(7)15)13(18-14(20)17-11)19-2-3-21-6-8-4-10(8)19/h5,8,10H,2-4,6H2,1H3,(H,17,18,20). The third-order valence-corrected chi connectivity index (χ3v) is 4.69. The highest BCUT2D eigenvalue weighted by molar-refractivity contribution is 6.31. The second kappa shape index (κ2) is 4.68. The fourth-order valence-electron chi connectivity index (χ4n) is 3.05. The van der Waals surface area contributed by atoms with E-state index in [1.165, 1.54) is 0 Å². The fraction of sp³-hybridized carbons (Fsp3) is 0.500. The van der Waals surface area contributed by atoms with Gasteiger partial charge >= 0.3 is 5.69 Å². The molecule has 110 valence electrons. The minimum Gasteiger partial charge on any atom is -0.379 e. The molecule has 2 atom stereocenters. The van der Waals surface area contributed by atoms with Gasteiger partial charge in [-0.05, 0) is 13.3 Å². The molecule has 1 saturated heterocycles. The van der Waals surface area contributed by atoms with Crippen LogP contribution < -0.4 is 10.6 Å². The molecule has 21 heavy (non-hydrogen) atoms. The summed E-state index contributed by atoms with van der Waals surface area (Å²) in [4.78, 5) is 25.3. The van der Waals surface area contributed by atoms with Crippen LogP contribution in [0.2, 0.25) is 5.15 Å². The number of hydrogen-bond donors (Lipinski definition) is 1. The number of ether oxygens (including phenoxy) is 1. The number of halogens is 1. The van der Waals surface area contributed by atoms with E-state index in [2.05, 4.69) is 19.9 Å². The van der Waals surface area contributed by atoms with Crippen molar-refractivity contribution < 1.29 is 4.74 Å². The first-order valence-electron chi connectivity index (χ1n) is 7.04. The van der Waals surface area contributed by atoms with Crippen LogP contribution in [0, 0.1) is 12.8 Å². The van der Waals surface area contributed by atoms with Gasteiger partial charge in [-0.15, -0.1) is 0 Å². The third kappa shape index (κ3) is 2.10. The molecule has 2 aromatic heterocycles. The molecular weight excluding hydrogens is 292 g/mol. The summed E-state index contributed by atoms with van der Waals surface area (Å²) in [5.74, 6) is 1.24. The van der Waals surface area contributed by atoms with Crippen molar-refractivity contribution in [1.29, 1.82) is 0 Å². The Bertz CT molecular complexity index is 775. The lowest BCUT2D eigenvalue weighted by Gasteiger charge is -2.23. The number of fused-ring (bicyclic) bond motifs is 2. The Labute approximate surface area is 126 Å². The molecule has 6 nitrogen and oxygen atoms in total. The minimum atomic E-state index is -0.356. The van der Waals surface area contributed by atoms with Crippen LogP contribution in [-0.2, 0) is 4.74 Å². The summed E-state index contributed by atoms with van der Waals surface area (Å²) in [6.07, 6.45) is 2.78. The van der Waals surface area contributed by atoms with Crippen LogP contribution in [0.5, 0.6) is 0 Å². The highest BCUT2D eigenvalue weighted by Gasteiger charge is 2.44. The van der Waals surface area contributed by atoms with E-state index in [0.717, 1.165) is 30.5 Å². The van der Waals surface area contributed by atoms with Crippen molar-refractivity contribution >= 4 is 28.3 Å². The zero-order chi connectivity index (χ0) is 14.6. The Morgan fingerprint density at radius 3 is 3.24 bits per heavy atom. The van der Waals surface area contributed by atoms with Crippen LogP contribution in [0.3, 0.4) is 0 Å². The van der Waals surface area contributed by atoms with Gasteiger partial charge in [-0.25, -0.2) is 9.78 Å². The fourth-order valence-corrected chi connectivity index (χ4v) is 3.19. The maximum atomic E-state index is 11.9. The quantitative estimate of drug-likeness (QED) is 0.809. The second-order valence-corrected chi connectivity index (χ2v) is 6.02. The van der Waals surface area contributed by atoms with E-state index in [4.69, 9.17) is 16.3 Å². The topological polar surface area (TPSA) is 71.1 Å². The van der Waals surface area contributed by atoms with Crippen molar-refractivity contribution in [3.8, 4) is 0 Å². The number of aromatic nitrogens is 3. The van der Waals surface area contributed by atoms with Crippen molar-refractivity contribution in [1.82, 2.24) is 15.0 Å². The van der Waals surface area contributed by atoms with Gasteiger partial charge in [-0.2, -0.15) is 4.98 Å². The van der Waals surface area contributed by atoms with Gasteiger partial charge in [-0.3, -0.25) is 0 Å². The maximum Gasteiger partial charge on any atom is 0.347 e. The summed E-state index contributed by atoms with van der Waals surface area (Å²) in [7, 11) is 0. The Kier molecular flexibility index (Phi) is 2.90. The second-order valence-electron chi connectivity index (χ2n) is 5.66. The van der Waals surface area contributed by atoms with Gasteiger partial charge in [0.05, 0.1) is 24.1 Å². The summed E-state index contributed by atoms with van der Waals surface area (Å²) in [5, 5.41) is 1.24. The molecule has 0 spiro atoms. The van der Waals surface area contributed by atoms with E-state index in [-0.39, 0.29) is 5.69 Å². The van der Waals surface area contributed by atoms with Gasteiger partial charge in [0.25, 0.3) is 0 Å². The molecule has 1 aliphatic heterocycles. The van der Waals surface area contributed by atoms with Crippen LogP contribution in [0.15, 0.2) is 11.0 Å². The number of aromatic amines is 1. The van der Waals surface area contributed by atoms with Crippen LogP contribution in [0.4, 0.5) is 5.82 Å². The first kappa shape index (κ1) is 13.0. The predicted octanol–water partition coefficient (Wildman–Crippen LogP) is 1.51. The number of nitrogens with one attached hydrogen (secondary N) is 1. The zero-order valence-corrected chi connectivity index (χ0v) is 12.4. The van der Waals surface area contributed by atoms with Crippen molar-refractivity contribution in [3.63, 3.8) is 0 Å². The lowest BCUT2D eigenvalue weighted by molar-refractivity contribution is 0.139. The third-order valence-electron chi connectivity index (χ3n) is 4.31. The summed E-state index contributed by atoms with van der Waals surface area (Å²) in [5.41, 5.74) is 1.13. The molecule has 2 fully saturated rings. The lowest BCUT2D eigenvalue weighted by atomic mass is 10.2. The van der Waals surface area contributed by atoms with Gasteiger partial charge in [-0.1, -0.05) is 11.6 Å². The van der Waals surface area contributed by atoms with Crippen LogP contribution in [-0.4, -0.2) is 40.8 Å². The van der Waals surface area contributed by atoms with Crippen LogP contribution >= 0.6 is 11.6 Å². The number of pyridine rings is 1. The van der Waals surface area contributed by atoms with Gasteiger partial charge in [0.2, 0.25) is 0 Å².